The van der Waals surface area contributed by atoms with E-state index in [0.29, 0.717) is 11.3 Å². The third kappa shape index (κ3) is 5.39. The van der Waals surface area contributed by atoms with Gasteiger partial charge in [0.15, 0.2) is 6.61 Å². The van der Waals surface area contributed by atoms with Crippen LogP contribution < -0.4 is 4.90 Å². The molecule has 0 heterocycles. The number of carbonyl (C=O) groups is 2. The number of nitro groups is 1. The van der Waals surface area contributed by atoms with Crippen LogP contribution in [0.1, 0.15) is 33.5 Å². The van der Waals surface area contributed by atoms with Crippen molar-refractivity contribution < 1.29 is 19.2 Å². The maximum absolute atomic E-state index is 12.7. The van der Waals surface area contributed by atoms with Crippen molar-refractivity contribution in [3.8, 4) is 6.07 Å². The van der Waals surface area contributed by atoms with E-state index in [1.165, 1.54) is 30.0 Å². The summed E-state index contributed by atoms with van der Waals surface area (Å²) in [6, 6.07) is 11.9. The van der Waals surface area contributed by atoms with Crippen LogP contribution in [0.2, 0.25) is 0 Å². The van der Waals surface area contributed by atoms with Gasteiger partial charge in [0.25, 0.3) is 11.6 Å². The van der Waals surface area contributed by atoms with E-state index in [9.17, 15) is 19.7 Å². The summed E-state index contributed by atoms with van der Waals surface area (Å²) >= 11 is 0. The topological polar surface area (TPSA) is 114 Å². The van der Waals surface area contributed by atoms with Gasteiger partial charge in [0.1, 0.15) is 5.56 Å². The maximum Gasteiger partial charge on any atom is 0.345 e. The van der Waals surface area contributed by atoms with Gasteiger partial charge in [0.05, 0.1) is 17.4 Å². The van der Waals surface area contributed by atoms with E-state index < -0.39 is 23.4 Å². The second-order valence-corrected chi connectivity index (χ2v) is 6.60. The fourth-order valence-electron chi connectivity index (χ4n) is 3.02. The third-order valence-corrected chi connectivity index (χ3v) is 4.23. The fraction of sp³-hybridized carbons (Fsp3) is 0.286. The van der Waals surface area contributed by atoms with E-state index >= 15 is 0 Å². The number of rotatable bonds is 7. The summed E-state index contributed by atoms with van der Waals surface area (Å²) in [5.41, 5.74) is 2.25. The summed E-state index contributed by atoms with van der Waals surface area (Å²) in [6.45, 7) is 4.84. The summed E-state index contributed by atoms with van der Waals surface area (Å²) < 4.78 is 5.06. The van der Waals surface area contributed by atoms with Gasteiger partial charge in [-0.2, -0.15) is 5.26 Å². The molecule has 0 spiro atoms. The number of nitro benzene ring substituents is 1. The zero-order valence-corrected chi connectivity index (χ0v) is 16.5. The molecule has 0 saturated carbocycles. The Morgan fingerprint density at radius 3 is 2.41 bits per heavy atom. The Bertz CT molecular complexity index is 974. The second kappa shape index (κ2) is 9.46. The summed E-state index contributed by atoms with van der Waals surface area (Å²) in [4.78, 5) is 37.0. The average molecular weight is 395 g/mol. The summed E-state index contributed by atoms with van der Waals surface area (Å²) in [6.07, 6.45) is 0.107. The van der Waals surface area contributed by atoms with Gasteiger partial charge >= 0.3 is 5.97 Å². The first-order valence-electron chi connectivity index (χ1n) is 8.91. The molecule has 0 fully saturated rings. The SMILES string of the molecule is Cc1cc(C)cc(N(CCC#N)C(=O)COC(=O)c2cccc(C)c2[N+](=O)[O-])c1. The Morgan fingerprint density at radius 2 is 1.83 bits per heavy atom. The number of anilines is 1. The van der Waals surface area contributed by atoms with Gasteiger partial charge in [-0.1, -0.05) is 18.2 Å². The number of hydrogen-bond donors (Lipinski definition) is 0. The molecule has 1 amide bonds. The van der Waals surface area contributed by atoms with Crippen LogP contribution in [0, 0.1) is 42.2 Å². The number of nitrogens with zero attached hydrogens (tertiary/aromatic N) is 3. The lowest BCUT2D eigenvalue weighted by molar-refractivity contribution is -0.385. The first-order chi connectivity index (χ1) is 13.7. The average Bonchev–Trinajstić information content (AvgIpc) is 2.65. The summed E-state index contributed by atoms with van der Waals surface area (Å²) in [5, 5.41) is 20.1. The lowest BCUT2D eigenvalue weighted by Crippen LogP contribution is -2.35. The van der Waals surface area contributed by atoms with Crippen LogP contribution in [0.15, 0.2) is 36.4 Å². The Kier molecular flexibility index (Phi) is 7.04. The van der Waals surface area contributed by atoms with Crippen LogP contribution in [-0.2, 0) is 9.53 Å². The number of ether oxygens (including phenoxy) is 1. The monoisotopic (exact) mass is 395 g/mol. The van der Waals surface area contributed by atoms with Crippen LogP contribution in [0.25, 0.3) is 0 Å². The molecular formula is C21H21N3O5. The van der Waals surface area contributed by atoms with Gasteiger partial charge in [-0.25, -0.2) is 4.79 Å². The molecule has 2 aromatic carbocycles. The van der Waals surface area contributed by atoms with Crippen LogP contribution in [0.5, 0.6) is 0 Å². The van der Waals surface area contributed by atoms with Crippen molar-refractivity contribution in [2.24, 2.45) is 0 Å². The number of carbonyl (C=O) groups excluding carboxylic acids is 2. The molecule has 29 heavy (non-hydrogen) atoms. The van der Waals surface area contributed by atoms with Crippen molar-refractivity contribution >= 4 is 23.3 Å². The van der Waals surface area contributed by atoms with Crippen molar-refractivity contribution in [2.45, 2.75) is 27.2 Å². The Morgan fingerprint density at radius 1 is 1.17 bits per heavy atom. The molecule has 0 saturated heterocycles. The molecule has 0 atom stereocenters. The Balaban J connectivity index is 2.20. The zero-order valence-electron chi connectivity index (χ0n) is 16.5. The molecule has 0 bridgehead atoms. The number of para-hydroxylation sites is 1. The van der Waals surface area contributed by atoms with Gasteiger partial charge in [-0.3, -0.25) is 14.9 Å². The summed E-state index contributed by atoms with van der Waals surface area (Å²) in [7, 11) is 0. The quantitative estimate of drug-likeness (QED) is 0.402. The largest absolute Gasteiger partial charge is 0.452 e. The highest BCUT2D eigenvalue weighted by Gasteiger charge is 2.25. The predicted octanol–water partition coefficient (Wildman–Crippen LogP) is 3.62. The molecule has 0 radical (unpaired) electrons. The number of aryl methyl sites for hydroxylation is 3. The first-order valence-corrected chi connectivity index (χ1v) is 8.91. The van der Waals surface area contributed by atoms with Crippen molar-refractivity contribution in [1.29, 1.82) is 5.26 Å². The molecule has 8 nitrogen and oxygen atoms in total. The molecule has 0 N–H and O–H groups in total. The van der Waals surface area contributed by atoms with Crippen LogP contribution in [0.4, 0.5) is 11.4 Å². The van der Waals surface area contributed by atoms with Crippen molar-refractivity contribution in [3.63, 3.8) is 0 Å². The molecular weight excluding hydrogens is 374 g/mol. The van der Waals surface area contributed by atoms with Gasteiger partial charge in [0, 0.05) is 17.8 Å². The lowest BCUT2D eigenvalue weighted by atomic mass is 10.1. The predicted molar refractivity (Wildman–Crippen MR) is 107 cm³/mol. The first kappa shape index (κ1) is 21.6. The fourth-order valence-corrected chi connectivity index (χ4v) is 3.02. The standard InChI is InChI=1S/C21H21N3O5/c1-14-10-15(2)12-17(11-14)23(9-5-8-22)19(25)13-29-21(26)18-7-4-6-16(3)20(18)24(27)28/h4,6-7,10-12H,5,9,13H2,1-3H3. The smallest absolute Gasteiger partial charge is 0.345 e. The number of amides is 1. The van der Waals surface area contributed by atoms with E-state index in [1.807, 2.05) is 26.0 Å². The Hall–Kier alpha value is -3.73. The number of hydrogen-bond acceptors (Lipinski definition) is 6. The Labute approximate surface area is 168 Å². The van der Waals surface area contributed by atoms with Crippen LogP contribution >= 0.6 is 0 Å². The lowest BCUT2D eigenvalue weighted by Gasteiger charge is -2.22. The van der Waals surface area contributed by atoms with Crippen molar-refractivity contribution in [2.75, 3.05) is 18.1 Å². The van der Waals surface area contributed by atoms with E-state index in [4.69, 9.17) is 10.00 Å². The van der Waals surface area contributed by atoms with Crippen molar-refractivity contribution in [1.82, 2.24) is 0 Å². The zero-order chi connectivity index (χ0) is 21.6. The van der Waals surface area contributed by atoms with Crippen LogP contribution in [-0.4, -0.2) is 30.0 Å². The summed E-state index contributed by atoms with van der Waals surface area (Å²) in [5.74, 6) is -1.47. The second-order valence-electron chi connectivity index (χ2n) is 6.60. The molecule has 0 aliphatic carbocycles. The van der Waals surface area contributed by atoms with E-state index in [2.05, 4.69) is 0 Å². The number of esters is 1. The number of nitriles is 1. The minimum atomic E-state index is -0.950. The normalized spacial score (nSPS) is 10.1. The van der Waals surface area contributed by atoms with Gasteiger partial charge in [0.2, 0.25) is 0 Å². The molecule has 0 aliphatic heterocycles. The van der Waals surface area contributed by atoms with E-state index in [0.717, 1.165) is 11.1 Å². The highest BCUT2D eigenvalue weighted by Crippen LogP contribution is 2.24. The molecule has 2 aromatic rings. The van der Waals surface area contributed by atoms with E-state index in [-0.39, 0.29) is 24.2 Å². The third-order valence-electron chi connectivity index (χ3n) is 4.23. The van der Waals surface area contributed by atoms with E-state index in [1.54, 1.807) is 12.1 Å². The van der Waals surface area contributed by atoms with Gasteiger partial charge in [-0.05, 0) is 50.1 Å². The van der Waals surface area contributed by atoms with Gasteiger partial charge in [-0.15, -0.1) is 0 Å². The minimum Gasteiger partial charge on any atom is -0.452 e. The highest BCUT2D eigenvalue weighted by molar-refractivity contribution is 5.99. The number of benzene rings is 2. The molecule has 0 aromatic heterocycles. The molecule has 0 unspecified atom stereocenters. The van der Waals surface area contributed by atoms with Crippen molar-refractivity contribution in [3.05, 3.63) is 68.8 Å². The molecule has 2 rings (SSSR count). The molecule has 0 aliphatic rings. The molecule has 8 heteroatoms. The maximum atomic E-state index is 12.7. The molecule has 150 valence electrons. The van der Waals surface area contributed by atoms with Crippen LogP contribution in [0.3, 0.4) is 0 Å². The minimum absolute atomic E-state index is 0.107. The highest BCUT2D eigenvalue weighted by atomic mass is 16.6. The van der Waals surface area contributed by atoms with Gasteiger partial charge < -0.3 is 9.64 Å².